The van der Waals surface area contributed by atoms with Gasteiger partial charge in [-0.05, 0) is 117 Å². The SMILES string of the molecule is [C-]#[N+]c1ccc2oc3ccc(-c4c(-c5ccccc5)cc(-c5ccccc5)cc4-c4cccc(-n5c6ccccc6c6cc(C#N)ccc65)c4)cc3c2c1. The minimum absolute atomic E-state index is 0.583. The molecule has 10 aromatic rings. The Kier molecular flexibility index (Phi) is 7.22. The zero-order valence-electron chi connectivity index (χ0n) is 29.0. The summed E-state index contributed by atoms with van der Waals surface area (Å²) >= 11 is 0. The van der Waals surface area contributed by atoms with Crippen LogP contribution in [0.5, 0.6) is 0 Å². The van der Waals surface area contributed by atoms with E-state index in [-0.39, 0.29) is 0 Å². The lowest BCUT2D eigenvalue weighted by atomic mass is 9.84. The van der Waals surface area contributed by atoms with Gasteiger partial charge in [0, 0.05) is 27.2 Å². The summed E-state index contributed by atoms with van der Waals surface area (Å²) in [6.07, 6.45) is 0. The Morgan fingerprint density at radius 2 is 1.15 bits per heavy atom. The Labute approximate surface area is 311 Å². The highest BCUT2D eigenvalue weighted by Crippen LogP contribution is 2.46. The molecule has 0 amide bonds. The molecule has 0 radical (unpaired) electrons. The number of furan rings is 1. The van der Waals surface area contributed by atoms with Crippen LogP contribution >= 0.6 is 0 Å². The van der Waals surface area contributed by atoms with E-state index >= 15 is 0 Å². The van der Waals surface area contributed by atoms with Gasteiger partial charge in [0.05, 0.1) is 29.2 Å². The number of para-hydroxylation sites is 1. The maximum atomic E-state index is 9.73. The van der Waals surface area contributed by atoms with Gasteiger partial charge in [0.15, 0.2) is 5.69 Å². The van der Waals surface area contributed by atoms with Crippen LogP contribution in [0.15, 0.2) is 180 Å². The number of fused-ring (bicyclic) bond motifs is 6. The topological polar surface area (TPSA) is 46.2 Å². The molecule has 0 aliphatic carbocycles. The number of aromatic nitrogens is 1. The molecule has 4 nitrogen and oxygen atoms in total. The van der Waals surface area contributed by atoms with Crippen LogP contribution in [0.2, 0.25) is 0 Å². The molecule has 250 valence electrons. The number of rotatable bonds is 5. The van der Waals surface area contributed by atoms with Gasteiger partial charge < -0.3 is 8.98 Å². The molecule has 0 aliphatic rings. The second-order valence-corrected chi connectivity index (χ2v) is 13.5. The summed E-state index contributed by atoms with van der Waals surface area (Å²) in [5.74, 6) is 0. The lowest BCUT2D eigenvalue weighted by Crippen LogP contribution is -1.96. The highest BCUT2D eigenvalue weighted by Gasteiger charge is 2.20. The maximum Gasteiger partial charge on any atom is 0.188 e. The van der Waals surface area contributed by atoms with Crippen molar-refractivity contribution in [2.24, 2.45) is 0 Å². The number of hydrogen-bond donors (Lipinski definition) is 0. The largest absolute Gasteiger partial charge is 0.456 e. The minimum Gasteiger partial charge on any atom is -0.456 e. The molecule has 0 saturated heterocycles. The standard InChI is InChI=1S/C50H29N3O/c1-52-38-21-24-49-45(30-38)44-27-36(20-23-48(44)54-49)50-41(34-13-6-3-7-14-34)28-37(33-11-4-2-5-12-33)29-42(50)35-15-10-16-39(26-35)53-46-18-9-8-17-40(46)43-25-32(31-51)19-22-47(43)53/h2-30H. The van der Waals surface area contributed by atoms with Crippen molar-refractivity contribution >= 4 is 49.4 Å². The average molecular weight is 688 g/mol. The van der Waals surface area contributed by atoms with Gasteiger partial charge in [-0.15, -0.1) is 0 Å². The Hall–Kier alpha value is -7.66. The highest BCUT2D eigenvalue weighted by molar-refractivity contribution is 6.11. The van der Waals surface area contributed by atoms with E-state index in [0.717, 1.165) is 93.9 Å². The molecule has 0 unspecified atom stereocenters. The quantitative estimate of drug-likeness (QED) is 0.169. The van der Waals surface area contributed by atoms with Gasteiger partial charge >= 0.3 is 0 Å². The van der Waals surface area contributed by atoms with Crippen molar-refractivity contribution in [2.45, 2.75) is 0 Å². The molecule has 0 fully saturated rings. The van der Waals surface area contributed by atoms with Crippen LogP contribution in [0.3, 0.4) is 0 Å². The first-order valence-electron chi connectivity index (χ1n) is 17.8. The first kappa shape index (κ1) is 31.1. The maximum absolute atomic E-state index is 9.73. The van der Waals surface area contributed by atoms with Crippen molar-refractivity contribution in [3.8, 4) is 56.3 Å². The normalized spacial score (nSPS) is 11.3. The number of nitrogens with zero attached hydrogens (tertiary/aromatic N) is 3. The number of nitriles is 1. The summed E-state index contributed by atoms with van der Waals surface area (Å²) in [7, 11) is 0. The van der Waals surface area contributed by atoms with Gasteiger partial charge in [-0.2, -0.15) is 5.26 Å². The molecular weight excluding hydrogens is 659 g/mol. The molecule has 2 heterocycles. The van der Waals surface area contributed by atoms with Crippen molar-refractivity contribution in [3.05, 3.63) is 193 Å². The van der Waals surface area contributed by atoms with Crippen molar-refractivity contribution in [3.63, 3.8) is 0 Å². The summed E-state index contributed by atoms with van der Waals surface area (Å²) in [5.41, 5.74) is 14.8. The third kappa shape index (κ3) is 5.06. The lowest BCUT2D eigenvalue weighted by molar-refractivity contribution is 0.669. The molecule has 10 rings (SSSR count). The Morgan fingerprint density at radius 1 is 0.481 bits per heavy atom. The van der Waals surface area contributed by atoms with Crippen molar-refractivity contribution < 1.29 is 4.42 Å². The number of benzene rings is 8. The highest BCUT2D eigenvalue weighted by atomic mass is 16.3. The van der Waals surface area contributed by atoms with Gasteiger partial charge in [0.25, 0.3) is 0 Å². The fourth-order valence-corrected chi connectivity index (χ4v) is 7.95. The minimum atomic E-state index is 0.583. The van der Waals surface area contributed by atoms with Gasteiger partial charge in [0.2, 0.25) is 0 Å². The van der Waals surface area contributed by atoms with E-state index < -0.39 is 0 Å². The second-order valence-electron chi connectivity index (χ2n) is 13.5. The Balaban J connectivity index is 1.28. The molecular formula is C50H29N3O. The second kappa shape index (κ2) is 12.5. The lowest BCUT2D eigenvalue weighted by Gasteiger charge is -2.20. The van der Waals surface area contributed by atoms with E-state index in [2.05, 4.69) is 161 Å². The van der Waals surface area contributed by atoms with Crippen LogP contribution in [0.4, 0.5) is 5.69 Å². The Bertz CT molecular complexity index is 3170. The van der Waals surface area contributed by atoms with Gasteiger partial charge in [0.1, 0.15) is 11.2 Å². The third-order valence-corrected chi connectivity index (χ3v) is 10.4. The third-order valence-electron chi connectivity index (χ3n) is 10.4. The summed E-state index contributed by atoms with van der Waals surface area (Å²) < 4.78 is 8.57. The predicted molar refractivity (Wildman–Crippen MR) is 221 cm³/mol. The molecule has 0 N–H and O–H groups in total. The molecule has 2 aromatic heterocycles. The summed E-state index contributed by atoms with van der Waals surface area (Å²) in [6.45, 7) is 7.65. The molecule has 0 spiro atoms. The fraction of sp³-hybridized carbons (Fsp3) is 0. The molecule has 4 heteroatoms. The molecule has 54 heavy (non-hydrogen) atoms. The van der Waals surface area contributed by atoms with Gasteiger partial charge in [-0.25, -0.2) is 4.85 Å². The van der Waals surface area contributed by atoms with E-state index in [9.17, 15) is 5.26 Å². The smallest absolute Gasteiger partial charge is 0.188 e. The molecule has 0 atom stereocenters. The van der Waals surface area contributed by atoms with Crippen LogP contribution in [0.1, 0.15) is 5.56 Å². The zero-order valence-corrected chi connectivity index (χ0v) is 29.0. The van der Waals surface area contributed by atoms with Crippen molar-refractivity contribution in [1.82, 2.24) is 4.57 Å². The van der Waals surface area contributed by atoms with Crippen LogP contribution in [-0.2, 0) is 0 Å². The molecule has 0 aliphatic heterocycles. The first-order valence-corrected chi connectivity index (χ1v) is 17.8. The summed E-state index contributed by atoms with van der Waals surface area (Å²) in [4.78, 5) is 3.70. The summed E-state index contributed by atoms with van der Waals surface area (Å²) in [6, 6.07) is 63.2. The number of hydrogen-bond acceptors (Lipinski definition) is 2. The summed E-state index contributed by atoms with van der Waals surface area (Å²) in [5, 5.41) is 13.8. The monoisotopic (exact) mass is 687 g/mol. The first-order chi connectivity index (χ1) is 26.7. The molecule has 0 bridgehead atoms. The fourth-order valence-electron chi connectivity index (χ4n) is 7.95. The van der Waals surface area contributed by atoms with E-state index in [0.29, 0.717) is 11.3 Å². The van der Waals surface area contributed by atoms with Crippen molar-refractivity contribution in [1.29, 1.82) is 5.26 Å². The van der Waals surface area contributed by atoms with Gasteiger partial charge in [-0.3, -0.25) is 0 Å². The van der Waals surface area contributed by atoms with Crippen LogP contribution in [0, 0.1) is 17.9 Å². The van der Waals surface area contributed by atoms with Crippen molar-refractivity contribution in [2.75, 3.05) is 0 Å². The predicted octanol–water partition coefficient (Wildman–Crippen LogP) is 13.8. The van der Waals surface area contributed by atoms with Crippen LogP contribution < -0.4 is 0 Å². The van der Waals surface area contributed by atoms with E-state index in [1.807, 2.05) is 24.3 Å². The molecule has 0 saturated carbocycles. The Morgan fingerprint density at radius 3 is 1.93 bits per heavy atom. The van der Waals surface area contributed by atoms with E-state index in [1.165, 1.54) is 0 Å². The molecule has 8 aromatic carbocycles. The van der Waals surface area contributed by atoms with E-state index in [4.69, 9.17) is 11.0 Å². The zero-order chi connectivity index (χ0) is 36.2. The average Bonchev–Trinajstić information content (AvgIpc) is 3.78. The van der Waals surface area contributed by atoms with E-state index in [1.54, 1.807) is 6.07 Å². The van der Waals surface area contributed by atoms with Crippen LogP contribution in [-0.4, -0.2) is 4.57 Å². The van der Waals surface area contributed by atoms with Crippen LogP contribution in [0.25, 0.3) is 98.8 Å². The van der Waals surface area contributed by atoms with Gasteiger partial charge in [-0.1, -0.05) is 103 Å².